The maximum atomic E-state index is 11.9. The Hall–Kier alpha value is -2.87. The summed E-state index contributed by atoms with van der Waals surface area (Å²) in [7, 11) is 0. The van der Waals surface area contributed by atoms with E-state index in [-0.39, 0.29) is 11.6 Å². The molecule has 0 bridgehead atoms. The maximum absolute atomic E-state index is 11.9. The third kappa shape index (κ3) is 3.30. The van der Waals surface area contributed by atoms with E-state index in [0.717, 1.165) is 5.56 Å². The first-order chi connectivity index (χ1) is 9.19. The molecule has 19 heavy (non-hydrogen) atoms. The average Bonchev–Trinajstić information content (AvgIpc) is 2.41. The largest absolute Gasteiger partial charge is 0.384 e. The number of nitrogens with zero attached hydrogens (tertiary/aromatic N) is 2. The Morgan fingerprint density at radius 1 is 1.26 bits per heavy atom. The minimum Gasteiger partial charge on any atom is -0.384 e. The Kier molecular flexibility index (Phi) is 3.74. The van der Waals surface area contributed by atoms with Crippen LogP contribution in [0.5, 0.6) is 0 Å². The van der Waals surface area contributed by atoms with E-state index < -0.39 is 0 Å². The van der Waals surface area contributed by atoms with Gasteiger partial charge in [0.05, 0.1) is 12.5 Å². The molecule has 1 aromatic carbocycles. The van der Waals surface area contributed by atoms with Crippen LogP contribution in [0.25, 0.3) is 0 Å². The van der Waals surface area contributed by atoms with Gasteiger partial charge in [-0.25, -0.2) is 4.98 Å². The zero-order chi connectivity index (χ0) is 13.7. The highest BCUT2D eigenvalue weighted by Gasteiger charge is 2.07. The fourth-order valence-electron chi connectivity index (χ4n) is 1.57. The molecule has 0 spiro atoms. The lowest BCUT2D eigenvalue weighted by atomic mass is 10.1. The van der Waals surface area contributed by atoms with Crippen molar-refractivity contribution in [2.24, 2.45) is 0 Å². The summed E-state index contributed by atoms with van der Waals surface area (Å²) in [6.45, 7) is 0. The molecule has 5 heteroatoms. The van der Waals surface area contributed by atoms with E-state index in [1.807, 2.05) is 0 Å². The molecule has 2 rings (SSSR count). The van der Waals surface area contributed by atoms with Crippen LogP contribution in [-0.4, -0.2) is 10.9 Å². The van der Waals surface area contributed by atoms with Crippen molar-refractivity contribution >= 4 is 17.4 Å². The van der Waals surface area contributed by atoms with Crippen molar-refractivity contribution in [2.45, 2.75) is 6.42 Å². The number of pyridine rings is 1. The van der Waals surface area contributed by atoms with Crippen LogP contribution in [0.2, 0.25) is 0 Å². The summed E-state index contributed by atoms with van der Waals surface area (Å²) >= 11 is 0. The number of aromatic nitrogens is 1. The first-order valence-electron chi connectivity index (χ1n) is 5.69. The first-order valence-corrected chi connectivity index (χ1v) is 5.69. The molecule has 1 heterocycles. The van der Waals surface area contributed by atoms with Crippen LogP contribution in [-0.2, 0) is 6.42 Å². The van der Waals surface area contributed by atoms with Gasteiger partial charge in [-0.1, -0.05) is 18.2 Å². The second kappa shape index (κ2) is 5.65. The van der Waals surface area contributed by atoms with Gasteiger partial charge in [0.25, 0.3) is 5.91 Å². The monoisotopic (exact) mass is 252 g/mol. The standard InChI is InChI=1S/C14H12N4O/c15-9-8-10-4-6-11(7-5-10)17-14(19)12-2-1-3-13(16)18-12/h1-7H,8H2,(H2,16,18)(H,17,19). The molecule has 94 valence electrons. The molecule has 0 fully saturated rings. The third-order valence-electron chi connectivity index (χ3n) is 2.50. The van der Waals surface area contributed by atoms with Gasteiger partial charge in [0, 0.05) is 5.69 Å². The van der Waals surface area contributed by atoms with Gasteiger partial charge < -0.3 is 11.1 Å². The van der Waals surface area contributed by atoms with Crippen molar-refractivity contribution < 1.29 is 4.79 Å². The van der Waals surface area contributed by atoms with Crippen molar-refractivity contribution in [1.82, 2.24) is 4.98 Å². The van der Waals surface area contributed by atoms with Gasteiger partial charge in [-0.2, -0.15) is 5.26 Å². The van der Waals surface area contributed by atoms with Gasteiger partial charge in [0.15, 0.2) is 0 Å². The van der Waals surface area contributed by atoms with Crippen LogP contribution in [0.4, 0.5) is 11.5 Å². The fourth-order valence-corrected chi connectivity index (χ4v) is 1.57. The molecule has 0 atom stereocenters. The highest BCUT2D eigenvalue weighted by Crippen LogP contribution is 2.11. The summed E-state index contributed by atoms with van der Waals surface area (Å²) < 4.78 is 0. The Morgan fingerprint density at radius 2 is 2.00 bits per heavy atom. The molecule has 0 unspecified atom stereocenters. The van der Waals surface area contributed by atoms with E-state index in [2.05, 4.69) is 16.4 Å². The van der Waals surface area contributed by atoms with E-state index in [1.54, 1.807) is 42.5 Å². The molecule has 2 aromatic rings. The Balaban J connectivity index is 2.09. The van der Waals surface area contributed by atoms with E-state index in [1.165, 1.54) is 0 Å². The summed E-state index contributed by atoms with van der Waals surface area (Å²) in [5.41, 5.74) is 7.34. The topological polar surface area (TPSA) is 91.8 Å². The minimum atomic E-state index is -0.319. The number of carbonyl (C=O) groups excluding carboxylic acids is 1. The molecule has 0 aliphatic rings. The zero-order valence-electron chi connectivity index (χ0n) is 10.1. The number of nitrogens with one attached hydrogen (secondary N) is 1. The second-order valence-electron chi connectivity index (χ2n) is 3.93. The molecule has 3 N–H and O–H groups in total. The molecule has 0 saturated carbocycles. The second-order valence-corrected chi connectivity index (χ2v) is 3.93. The number of amides is 1. The number of nitriles is 1. The number of hydrogen-bond donors (Lipinski definition) is 2. The van der Waals surface area contributed by atoms with E-state index in [4.69, 9.17) is 11.0 Å². The lowest BCUT2D eigenvalue weighted by molar-refractivity contribution is 0.102. The third-order valence-corrected chi connectivity index (χ3v) is 2.50. The highest BCUT2D eigenvalue weighted by atomic mass is 16.1. The summed E-state index contributed by atoms with van der Waals surface area (Å²) in [5.74, 6) is -0.0163. The smallest absolute Gasteiger partial charge is 0.274 e. The molecular formula is C14H12N4O. The van der Waals surface area contributed by atoms with E-state index >= 15 is 0 Å². The number of benzene rings is 1. The van der Waals surface area contributed by atoms with Crippen LogP contribution >= 0.6 is 0 Å². The number of nitrogen functional groups attached to an aromatic ring is 1. The summed E-state index contributed by atoms with van der Waals surface area (Å²) in [6.07, 6.45) is 0.352. The predicted molar refractivity (Wildman–Crippen MR) is 72.4 cm³/mol. The van der Waals surface area contributed by atoms with Gasteiger partial charge >= 0.3 is 0 Å². The van der Waals surface area contributed by atoms with E-state index in [0.29, 0.717) is 17.9 Å². The first kappa shape index (κ1) is 12.6. The van der Waals surface area contributed by atoms with Gasteiger partial charge in [-0.15, -0.1) is 0 Å². The zero-order valence-corrected chi connectivity index (χ0v) is 10.1. The molecule has 1 amide bonds. The Bertz CT molecular complexity index is 629. The quantitative estimate of drug-likeness (QED) is 0.873. The van der Waals surface area contributed by atoms with Crippen molar-refractivity contribution in [2.75, 3.05) is 11.1 Å². The molecule has 0 radical (unpaired) electrons. The lowest BCUT2D eigenvalue weighted by Crippen LogP contribution is -2.14. The predicted octanol–water partition coefficient (Wildman–Crippen LogP) is 1.98. The van der Waals surface area contributed by atoms with Crippen LogP contribution < -0.4 is 11.1 Å². The normalized spacial score (nSPS) is 9.63. The molecule has 1 aromatic heterocycles. The van der Waals surface area contributed by atoms with Crippen molar-refractivity contribution in [3.8, 4) is 6.07 Å². The maximum Gasteiger partial charge on any atom is 0.274 e. The Morgan fingerprint density at radius 3 is 2.63 bits per heavy atom. The van der Waals surface area contributed by atoms with Crippen LogP contribution in [0.1, 0.15) is 16.1 Å². The fraction of sp³-hybridized carbons (Fsp3) is 0.0714. The molecular weight excluding hydrogens is 240 g/mol. The van der Waals surface area contributed by atoms with Crippen LogP contribution in [0.3, 0.4) is 0 Å². The lowest BCUT2D eigenvalue weighted by Gasteiger charge is -2.05. The van der Waals surface area contributed by atoms with Crippen molar-refractivity contribution in [3.63, 3.8) is 0 Å². The Labute approximate surface area is 110 Å². The van der Waals surface area contributed by atoms with Crippen LogP contribution in [0.15, 0.2) is 42.5 Å². The SMILES string of the molecule is N#CCc1ccc(NC(=O)c2cccc(N)n2)cc1. The number of nitrogens with two attached hydrogens (primary N) is 1. The summed E-state index contributed by atoms with van der Waals surface area (Å²) in [6, 6.07) is 14.0. The number of rotatable bonds is 3. The van der Waals surface area contributed by atoms with Crippen LogP contribution in [0, 0.1) is 11.3 Å². The van der Waals surface area contributed by atoms with Gasteiger partial charge in [0.2, 0.25) is 0 Å². The number of anilines is 2. The average molecular weight is 252 g/mol. The summed E-state index contributed by atoms with van der Waals surface area (Å²) in [4.78, 5) is 15.8. The van der Waals surface area contributed by atoms with Crippen molar-refractivity contribution in [1.29, 1.82) is 5.26 Å². The number of carbonyl (C=O) groups is 1. The molecule has 0 aliphatic carbocycles. The highest BCUT2D eigenvalue weighted by molar-refractivity contribution is 6.03. The summed E-state index contributed by atoms with van der Waals surface area (Å²) in [5, 5.41) is 11.3. The van der Waals surface area contributed by atoms with Gasteiger partial charge in [-0.05, 0) is 29.8 Å². The minimum absolute atomic E-state index is 0.265. The van der Waals surface area contributed by atoms with Gasteiger partial charge in [-0.3, -0.25) is 4.79 Å². The molecule has 0 saturated heterocycles. The molecule has 0 aliphatic heterocycles. The van der Waals surface area contributed by atoms with Crippen molar-refractivity contribution in [3.05, 3.63) is 53.7 Å². The molecule has 5 nitrogen and oxygen atoms in total. The number of hydrogen-bond acceptors (Lipinski definition) is 4. The van der Waals surface area contributed by atoms with E-state index in [9.17, 15) is 4.79 Å². The van der Waals surface area contributed by atoms with Gasteiger partial charge in [0.1, 0.15) is 11.5 Å².